The zero-order valence-electron chi connectivity index (χ0n) is 10.5. The molecule has 0 radical (unpaired) electrons. The molecule has 0 fully saturated rings. The van der Waals surface area contributed by atoms with Gasteiger partial charge in [0.05, 0.1) is 12.4 Å². The fourth-order valence-corrected chi connectivity index (χ4v) is 2.03. The van der Waals surface area contributed by atoms with Crippen molar-refractivity contribution in [1.29, 1.82) is 0 Å². The van der Waals surface area contributed by atoms with Crippen LogP contribution in [0.4, 0.5) is 0 Å². The van der Waals surface area contributed by atoms with Crippen molar-refractivity contribution in [3.05, 3.63) is 6.33 Å². The summed E-state index contributed by atoms with van der Waals surface area (Å²) in [7, 11) is 0. The highest BCUT2D eigenvalue weighted by molar-refractivity contribution is 7.99. The molecule has 96 valence electrons. The lowest BCUT2D eigenvalue weighted by Crippen LogP contribution is -2.09. The number of hydrogen-bond donors (Lipinski definition) is 0. The lowest BCUT2D eigenvalue weighted by Gasteiger charge is -2.09. The summed E-state index contributed by atoms with van der Waals surface area (Å²) in [6, 6.07) is 0.295. The summed E-state index contributed by atoms with van der Waals surface area (Å²) >= 11 is 1.36. The monoisotopic (exact) mass is 257 g/mol. The molecule has 0 unspecified atom stereocenters. The molecule has 0 aliphatic carbocycles. The molecule has 0 spiro atoms. The molecule has 0 saturated carbocycles. The maximum Gasteiger partial charge on any atom is 0.316 e. The quantitative estimate of drug-likeness (QED) is 0.426. The lowest BCUT2D eigenvalue weighted by atomic mass is 10.4. The van der Waals surface area contributed by atoms with Gasteiger partial charge in [-0.15, -0.1) is 10.2 Å². The number of unbranched alkanes of at least 4 members (excludes halogenated alkanes) is 1. The molecule has 0 aliphatic rings. The summed E-state index contributed by atoms with van der Waals surface area (Å²) in [5.74, 6) is 0.0940. The molecule has 6 heteroatoms. The maximum atomic E-state index is 11.4. The molecule has 0 aromatic carbocycles. The largest absolute Gasteiger partial charge is 0.465 e. The zero-order chi connectivity index (χ0) is 12.7. The van der Waals surface area contributed by atoms with Gasteiger partial charge in [0.15, 0.2) is 5.16 Å². The summed E-state index contributed by atoms with van der Waals surface area (Å²) in [6.07, 6.45) is 3.62. The van der Waals surface area contributed by atoms with Gasteiger partial charge in [0.25, 0.3) is 0 Å². The zero-order valence-corrected chi connectivity index (χ0v) is 11.4. The van der Waals surface area contributed by atoms with Crippen molar-refractivity contribution in [3.8, 4) is 0 Å². The second kappa shape index (κ2) is 7.32. The summed E-state index contributed by atoms with van der Waals surface area (Å²) in [5, 5.41) is 8.57. The Labute approximate surface area is 106 Å². The van der Waals surface area contributed by atoms with Gasteiger partial charge in [0.2, 0.25) is 0 Å². The van der Waals surface area contributed by atoms with Crippen LogP contribution in [0.3, 0.4) is 0 Å². The van der Waals surface area contributed by atoms with Crippen LogP contribution in [0.15, 0.2) is 11.5 Å². The van der Waals surface area contributed by atoms with Crippen molar-refractivity contribution in [2.45, 2.75) is 44.8 Å². The number of rotatable bonds is 7. The van der Waals surface area contributed by atoms with E-state index in [4.69, 9.17) is 4.74 Å². The molecule has 0 N–H and O–H groups in total. The standard InChI is InChI=1S/C11H19N3O2S/c1-4-5-6-16-10(15)7-17-11-13-12-8-14(11)9(2)3/h8-9H,4-7H2,1-3H3. The van der Waals surface area contributed by atoms with Gasteiger partial charge >= 0.3 is 5.97 Å². The normalized spacial score (nSPS) is 10.8. The fraction of sp³-hybridized carbons (Fsp3) is 0.727. The third kappa shape index (κ3) is 4.77. The first kappa shape index (κ1) is 14.0. The Bertz CT molecular complexity index is 352. The second-order valence-corrected chi connectivity index (χ2v) is 4.92. The van der Waals surface area contributed by atoms with E-state index in [1.165, 1.54) is 11.8 Å². The molecule has 0 aliphatic heterocycles. The van der Waals surface area contributed by atoms with E-state index in [9.17, 15) is 4.79 Å². The van der Waals surface area contributed by atoms with E-state index in [1.54, 1.807) is 6.33 Å². The van der Waals surface area contributed by atoms with Gasteiger partial charge in [0, 0.05) is 6.04 Å². The summed E-state index contributed by atoms with van der Waals surface area (Å²) < 4.78 is 7.00. The third-order valence-corrected chi connectivity index (χ3v) is 3.11. The van der Waals surface area contributed by atoms with Crippen LogP contribution >= 0.6 is 11.8 Å². The van der Waals surface area contributed by atoms with Crippen LogP contribution < -0.4 is 0 Å². The molecule has 1 aromatic heterocycles. The number of esters is 1. The van der Waals surface area contributed by atoms with Gasteiger partial charge in [-0.05, 0) is 20.3 Å². The first-order chi connectivity index (χ1) is 8.15. The number of carbonyl (C=O) groups is 1. The van der Waals surface area contributed by atoms with Gasteiger partial charge in [-0.3, -0.25) is 4.79 Å². The minimum atomic E-state index is -0.193. The molecule has 1 rings (SSSR count). The molecule has 0 atom stereocenters. The first-order valence-electron chi connectivity index (χ1n) is 5.83. The highest BCUT2D eigenvalue weighted by Crippen LogP contribution is 2.18. The Morgan fingerprint density at radius 2 is 2.35 bits per heavy atom. The molecular formula is C11H19N3O2S. The highest BCUT2D eigenvalue weighted by Gasteiger charge is 2.10. The molecule has 1 aromatic rings. The lowest BCUT2D eigenvalue weighted by molar-refractivity contribution is -0.140. The van der Waals surface area contributed by atoms with Gasteiger partial charge < -0.3 is 9.30 Å². The average Bonchev–Trinajstić information content (AvgIpc) is 2.75. The van der Waals surface area contributed by atoms with Crippen molar-refractivity contribution in [2.24, 2.45) is 0 Å². The van der Waals surface area contributed by atoms with Gasteiger partial charge in [-0.2, -0.15) is 0 Å². The van der Waals surface area contributed by atoms with E-state index >= 15 is 0 Å². The van der Waals surface area contributed by atoms with E-state index in [0.717, 1.165) is 18.0 Å². The minimum Gasteiger partial charge on any atom is -0.465 e. The molecular weight excluding hydrogens is 238 g/mol. The highest BCUT2D eigenvalue weighted by atomic mass is 32.2. The Morgan fingerprint density at radius 1 is 1.59 bits per heavy atom. The Hall–Kier alpha value is -1.04. The number of ether oxygens (including phenoxy) is 1. The van der Waals surface area contributed by atoms with E-state index < -0.39 is 0 Å². The molecule has 0 bridgehead atoms. The summed E-state index contributed by atoms with van der Waals surface area (Å²) in [5.41, 5.74) is 0. The first-order valence-corrected chi connectivity index (χ1v) is 6.81. The van der Waals surface area contributed by atoms with Crippen LogP contribution in [0.5, 0.6) is 0 Å². The van der Waals surface area contributed by atoms with E-state index in [1.807, 2.05) is 18.4 Å². The third-order valence-electron chi connectivity index (χ3n) is 2.18. The maximum absolute atomic E-state index is 11.4. The number of hydrogen-bond acceptors (Lipinski definition) is 5. The Kier molecular flexibility index (Phi) is 6.04. The Morgan fingerprint density at radius 3 is 3.00 bits per heavy atom. The number of nitrogens with zero attached hydrogens (tertiary/aromatic N) is 3. The summed E-state index contributed by atoms with van der Waals surface area (Å²) in [6.45, 7) is 6.67. The SMILES string of the molecule is CCCCOC(=O)CSc1nncn1C(C)C. The topological polar surface area (TPSA) is 57.0 Å². The van der Waals surface area contributed by atoms with Crippen LogP contribution in [-0.2, 0) is 9.53 Å². The van der Waals surface area contributed by atoms with Crippen LogP contribution in [0.25, 0.3) is 0 Å². The van der Waals surface area contributed by atoms with Crippen molar-refractivity contribution in [3.63, 3.8) is 0 Å². The van der Waals surface area contributed by atoms with Gasteiger partial charge in [-0.1, -0.05) is 25.1 Å². The second-order valence-electron chi connectivity index (χ2n) is 3.98. The Balaban J connectivity index is 2.34. The smallest absolute Gasteiger partial charge is 0.316 e. The number of carbonyl (C=O) groups excluding carboxylic acids is 1. The van der Waals surface area contributed by atoms with Crippen LogP contribution in [-0.4, -0.2) is 33.1 Å². The predicted molar refractivity (Wildman–Crippen MR) is 67.0 cm³/mol. The molecule has 0 saturated heterocycles. The molecule has 17 heavy (non-hydrogen) atoms. The predicted octanol–water partition coefficient (Wildman–Crippen LogP) is 2.29. The van der Waals surface area contributed by atoms with Crippen molar-refractivity contribution < 1.29 is 9.53 Å². The van der Waals surface area contributed by atoms with Crippen molar-refractivity contribution in [2.75, 3.05) is 12.4 Å². The van der Waals surface area contributed by atoms with E-state index in [2.05, 4.69) is 17.1 Å². The summed E-state index contributed by atoms with van der Waals surface area (Å²) in [4.78, 5) is 11.4. The molecule has 0 amide bonds. The van der Waals surface area contributed by atoms with E-state index in [-0.39, 0.29) is 11.7 Å². The van der Waals surface area contributed by atoms with Crippen LogP contribution in [0, 0.1) is 0 Å². The fourth-order valence-electron chi connectivity index (χ4n) is 1.18. The van der Waals surface area contributed by atoms with Crippen molar-refractivity contribution >= 4 is 17.7 Å². The van der Waals surface area contributed by atoms with Crippen molar-refractivity contribution in [1.82, 2.24) is 14.8 Å². The molecule has 1 heterocycles. The average molecular weight is 257 g/mol. The van der Waals surface area contributed by atoms with Gasteiger partial charge in [0.1, 0.15) is 6.33 Å². The van der Waals surface area contributed by atoms with Crippen LogP contribution in [0.1, 0.15) is 39.7 Å². The van der Waals surface area contributed by atoms with Crippen LogP contribution in [0.2, 0.25) is 0 Å². The molecule has 5 nitrogen and oxygen atoms in total. The van der Waals surface area contributed by atoms with E-state index in [0.29, 0.717) is 12.6 Å². The number of aromatic nitrogens is 3. The minimum absolute atomic E-state index is 0.193. The number of thioether (sulfide) groups is 1. The van der Waals surface area contributed by atoms with Gasteiger partial charge in [-0.25, -0.2) is 0 Å².